The number of rotatable bonds is 6. The van der Waals surface area contributed by atoms with E-state index in [2.05, 4.69) is 16.1 Å². The van der Waals surface area contributed by atoms with Gasteiger partial charge in [0.1, 0.15) is 25.1 Å². The average molecular weight is 428 g/mol. The molecular formula is C23H24O8. The van der Waals surface area contributed by atoms with Crippen molar-refractivity contribution in [1.82, 2.24) is 0 Å². The molecule has 0 amide bonds. The number of aliphatic hydroxyl groups excluding tert-OH is 1. The molecule has 2 aromatic rings. The van der Waals surface area contributed by atoms with Gasteiger partial charge in [0.25, 0.3) is 0 Å². The lowest BCUT2D eigenvalue weighted by atomic mass is 10.1. The van der Waals surface area contributed by atoms with Crippen molar-refractivity contribution in [2.24, 2.45) is 0 Å². The fourth-order valence-electron chi connectivity index (χ4n) is 2.16. The van der Waals surface area contributed by atoms with Gasteiger partial charge in [-0.15, -0.1) is 0 Å². The molecule has 1 N–H and O–H groups in total. The molecule has 4 rings (SSSR count). The number of carbonyl (C=O) groups is 3. The summed E-state index contributed by atoms with van der Waals surface area (Å²) >= 11 is 0. The summed E-state index contributed by atoms with van der Waals surface area (Å²) in [6.45, 7) is 6.35. The highest BCUT2D eigenvalue weighted by molar-refractivity contribution is 6.14. The van der Waals surface area contributed by atoms with Crippen molar-refractivity contribution in [2.45, 2.75) is 13.0 Å². The molecule has 2 aliphatic rings. The van der Waals surface area contributed by atoms with Crippen LogP contribution in [-0.4, -0.2) is 55.5 Å². The molecule has 164 valence electrons. The Labute approximate surface area is 180 Å². The number of epoxide rings is 1. The van der Waals surface area contributed by atoms with Gasteiger partial charge in [0.2, 0.25) is 0 Å². The van der Waals surface area contributed by atoms with E-state index in [1.165, 1.54) is 0 Å². The zero-order chi connectivity index (χ0) is 22.6. The van der Waals surface area contributed by atoms with Crippen molar-refractivity contribution in [3.63, 3.8) is 0 Å². The number of para-hydroxylation sites is 1. The lowest BCUT2D eigenvalue weighted by molar-refractivity contribution is -0.139. The normalized spacial score (nSPS) is 15.2. The van der Waals surface area contributed by atoms with Crippen LogP contribution in [-0.2, 0) is 19.0 Å². The Hall–Kier alpha value is -3.49. The molecule has 0 aliphatic carbocycles. The minimum Gasteiger partial charge on any atom is -0.491 e. The number of cyclic esters (lactones) is 2. The fraction of sp³-hybridized carbons (Fsp3) is 0.261. The number of ether oxygens (including phenoxy) is 4. The van der Waals surface area contributed by atoms with Gasteiger partial charge in [0.15, 0.2) is 0 Å². The number of carbonyl (C=O) groups excluding carboxylic acids is 3. The van der Waals surface area contributed by atoms with Gasteiger partial charge in [-0.3, -0.25) is 0 Å². The number of benzene rings is 2. The Morgan fingerprint density at radius 1 is 1.06 bits per heavy atom. The monoisotopic (exact) mass is 428 g/mol. The van der Waals surface area contributed by atoms with Gasteiger partial charge in [-0.2, -0.15) is 0 Å². The van der Waals surface area contributed by atoms with E-state index < -0.39 is 17.9 Å². The summed E-state index contributed by atoms with van der Waals surface area (Å²) < 4.78 is 19.2. The molecule has 1 saturated heterocycles. The van der Waals surface area contributed by atoms with E-state index in [0.717, 1.165) is 12.4 Å². The van der Waals surface area contributed by atoms with Crippen LogP contribution in [0, 0.1) is 0 Å². The zero-order valence-electron chi connectivity index (χ0n) is 17.1. The van der Waals surface area contributed by atoms with Crippen molar-refractivity contribution in [2.75, 3.05) is 26.4 Å². The number of aliphatic hydroxyl groups is 1. The standard InChI is InChI=1S/C9H10O2.C8H4O3.C6H10O3/c1-2-4-8(5-3-1)10-6-9-7-11-9;9-7-5-3-1-2-4-6(5)8(10)11-7;1-5(2)6(8)9-4-3-7/h1-5,9H,6-7H2;1-4H;7H,1,3-4H2,2H3. The van der Waals surface area contributed by atoms with Gasteiger partial charge in [0.05, 0.1) is 24.3 Å². The quantitative estimate of drug-likeness (QED) is 0.323. The first-order chi connectivity index (χ1) is 14.9. The van der Waals surface area contributed by atoms with E-state index in [1.54, 1.807) is 31.2 Å². The second kappa shape index (κ2) is 12.3. The molecule has 1 unspecified atom stereocenters. The zero-order valence-corrected chi connectivity index (χ0v) is 17.1. The molecule has 1 fully saturated rings. The molecular weight excluding hydrogens is 404 g/mol. The number of hydrogen-bond donors (Lipinski definition) is 1. The summed E-state index contributed by atoms with van der Waals surface area (Å²) in [5.74, 6) is -0.636. The van der Waals surface area contributed by atoms with E-state index in [9.17, 15) is 14.4 Å². The summed E-state index contributed by atoms with van der Waals surface area (Å²) in [5, 5.41) is 8.19. The van der Waals surface area contributed by atoms with Crippen LogP contribution in [0.5, 0.6) is 5.75 Å². The highest BCUT2D eigenvalue weighted by Gasteiger charge is 2.28. The molecule has 2 aliphatic heterocycles. The molecule has 8 nitrogen and oxygen atoms in total. The van der Waals surface area contributed by atoms with Crippen molar-refractivity contribution >= 4 is 17.9 Å². The predicted molar refractivity (Wildman–Crippen MR) is 111 cm³/mol. The van der Waals surface area contributed by atoms with Crippen molar-refractivity contribution in [1.29, 1.82) is 0 Å². The molecule has 1 atom stereocenters. The summed E-state index contributed by atoms with van der Waals surface area (Å²) in [6.07, 6.45) is 0.343. The maximum atomic E-state index is 10.8. The number of fused-ring (bicyclic) bond motifs is 1. The molecule has 31 heavy (non-hydrogen) atoms. The van der Waals surface area contributed by atoms with E-state index in [0.29, 0.717) is 29.4 Å². The highest BCUT2D eigenvalue weighted by atomic mass is 16.6. The summed E-state index contributed by atoms with van der Waals surface area (Å²) in [5.41, 5.74) is 1.07. The van der Waals surface area contributed by atoms with E-state index in [4.69, 9.17) is 14.6 Å². The molecule has 0 bridgehead atoms. The highest BCUT2D eigenvalue weighted by Crippen LogP contribution is 2.18. The minimum atomic E-state index is -0.550. The minimum absolute atomic E-state index is 0.0473. The third kappa shape index (κ3) is 8.41. The third-order valence-electron chi connectivity index (χ3n) is 3.81. The smallest absolute Gasteiger partial charge is 0.346 e. The van der Waals surface area contributed by atoms with Crippen LogP contribution < -0.4 is 4.74 Å². The molecule has 0 radical (unpaired) electrons. The first-order valence-corrected chi connectivity index (χ1v) is 9.50. The van der Waals surface area contributed by atoms with E-state index in [1.807, 2.05) is 30.3 Å². The Bertz CT molecular complexity index is 870. The van der Waals surface area contributed by atoms with Crippen LogP contribution in [0.1, 0.15) is 27.6 Å². The predicted octanol–water partition coefficient (Wildman–Crippen LogP) is 2.56. The Balaban J connectivity index is 0.000000167. The molecule has 8 heteroatoms. The topological polar surface area (TPSA) is 112 Å². The average Bonchev–Trinajstić information content (AvgIpc) is 3.57. The van der Waals surface area contributed by atoms with Gasteiger partial charge in [0, 0.05) is 5.57 Å². The first-order valence-electron chi connectivity index (χ1n) is 9.50. The summed E-state index contributed by atoms with van der Waals surface area (Å²) in [7, 11) is 0. The van der Waals surface area contributed by atoms with Gasteiger partial charge < -0.3 is 24.1 Å². The second-order valence-corrected chi connectivity index (χ2v) is 6.44. The molecule has 0 spiro atoms. The maximum absolute atomic E-state index is 10.8. The SMILES string of the molecule is C=C(C)C(=O)OCCO.O=C1OC(=O)c2ccccc21.c1ccc(OCC2CO2)cc1. The van der Waals surface area contributed by atoms with Crippen LogP contribution in [0.4, 0.5) is 0 Å². The number of esters is 3. The van der Waals surface area contributed by atoms with Crippen LogP contribution in [0.2, 0.25) is 0 Å². The van der Waals surface area contributed by atoms with Gasteiger partial charge in [-0.05, 0) is 31.2 Å². The van der Waals surface area contributed by atoms with Crippen LogP contribution >= 0.6 is 0 Å². The van der Waals surface area contributed by atoms with Crippen molar-refractivity contribution < 1.29 is 38.4 Å². The largest absolute Gasteiger partial charge is 0.491 e. The third-order valence-corrected chi connectivity index (χ3v) is 3.81. The van der Waals surface area contributed by atoms with E-state index in [-0.39, 0.29) is 13.2 Å². The second-order valence-electron chi connectivity index (χ2n) is 6.44. The molecule has 2 heterocycles. The maximum Gasteiger partial charge on any atom is 0.346 e. The number of hydrogen-bond acceptors (Lipinski definition) is 8. The van der Waals surface area contributed by atoms with Crippen LogP contribution in [0.25, 0.3) is 0 Å². The Morgan fingerprint density at radius 3 is 2.10 bits per heavy atom. The van der Waals surface area contributed by atoms with Crippen molar-refractivity contribution in [3.8, 4) is 5.75 Å². The van der Waals surface area contributed by atoms with Gasteiger partial charge in [-0.1, -0.05) is 36.9 Å². The van der Waals surface area contributed by atoms with E-state index >= 15 is 0 Å². The first kappa shape index (κ1) is 23.8. The fourth-order valence-corrected chi connectivity index (χ4v) is 2.16. The molecule has 0 aromatic heterocycles. The summed E-state index contributed by atoms with van der Waals surface area (Å²) in [6, 6.07) is 16.3. The Kier molecular flexibility index (Phi) is 9.41. The summed E-state index contributed by atoms with van der Waals surface area (Å²) in [4.78, 5) is 32.1. The van der Waals surface area contributed by atoms with Gasteiger partial charge in [-0.25, -0.2) is 14.4 Å². The van der Waals surface area contributed by atoms with Gasteiger partial charge >= 0.3 is 17.9 Å². The molecule has 2 aromatic carbocycles. The van der Waals surface area contributed by atoms with Crippen molar-refractivity contribution in [3.05, 3.63) is 77.9 Å². The van der Waals surface area contributed by atoms with Crippen LogP contribution in [0.3, 0.4) is 0 Å². The van der Waals surface area contributed by atoms with Crippen LogP contribution in [0.15, 0.2) is 66.7 Å². The Morgan fingerprint density at radius 2 is 1.61 bits per heavy atom. The lowest BCUT2D eigenvalue weighted by Crippen LogP contribution is -2.08. The molecule has 0 saturated carbocycles. The lowest BCUT2D eigenvalue weighted by Gasteiger charge is -2.01.